The average Bonchev–Trinajstić information content (AvgIpc) is 2.17. The summed E-state index contributed by atoms with van der Waals surface area (Å²) in [5, 5.41) is 0. The summed E-state index contributed by atoms with van der Waals surface area (Å²) in [6.07, 6.45) is 7.62. The van der Waals surface area contributed by atoms with Crippen molar-refractivity contribution in [3.63, 3.8) is 0 Å². The largest absolute Gasteiger partial charge is 0.493 e. The Hall–Kier alpha value is -0.370. The van der Waals surface area contributed by atoms with Crippen LogP contribution in [0.1, 0.15) is 27.2 Å². The minimum absolute atomic E-state index is 0.299. The molecule has 1 atom stereocenters. The van der Waals surface area contributed by atoms with E-state index < -0.39 is 0 Å². The molecule has 1 aliphatic carbocycles. The zero-order chi connectivity index (χ0) is 10.6. The fourth-order valence-corrected chi connectivity index (χ4v) is 1.52. The zero-order valence-electron chi connectivity index (χ0n) is 9.29. The van der Waals surface area contributed by atoms with Gasteiger partial charge in [-0.1, -0.05) is 26.8 Å². The monoisotopic (exact) mass is 212 g/mol. The average molecular weight is 212 g/mol. The van der Waals surface area contributed by atoms with Crippen LogP contribution in [0.4, 0.5) is 0 Å². The van der Waals surface area contributed by atoms with E-state index in [9.17, 15) is 0 Å². The predicted octanol–water partition coefficient (Wildman–Crippen LogP) is 3.44. The highest BCUT2D eigenvalue weighted by atomic mass is 32.1. The molecule has 80 valence electrons. The van der Waals surface area contributed by atoms with Gasteiger partial charge in [-0.3, -0.25) is 0 Å². The SMILES string of the molecule is CC(C)C1(C)C=CC(OCCS)=CC1. The molecule has 0 heterocycles. The number of hydrogen-bond donors (Lipinski definition) is 1. The molecule has 0 spiro atoms. The lowest BCUT2D eigenvalue weighted by atomic mass is 9.74. The number of thiol groups is 1. The zero-order valence-corrected chi connectivity index (χ0v) is 10.2. The van der Waals surface area contributed by atoms with Gasteiger partial charge in [0, 0.05) is 5.75 Å². The summed E-state index contributed by atoms with van der Waals surface area (Å²) < 4.78 is 5.50. The molecular weight excluding hydrogens is 192 g/mol. The van der Waals surface area contributed by atoms with Crippen LogP contribution in [0.3, 0.4) is 0 Å². The van der Waals surface area contributed by atoms with E-state index in [1.165, 1.54) is 0 Å². The standard InChI is InChI=1S/C12H20OS/c1-10(2)12(3)6-4-11(5-7-12)13-8-9-14/h4-6,10,14H,7-9H2,1-3H3. The summed E-state index contributed by atoms with van der Waals surface area (Å²) >= 11 is 4.11. The van der Waals surface area contributed by atoms with Gasteiger partial charge in [0.15, 0.2) is 0 Å². The molecule has 0 aromatic heterocycles. The molecule has 2 heteroatoms. The van der Waals surface area contributed by atoms with Crippen molar-refractivity contribution in [2.45, 2.75) is 27.2 Å². The van der Waals surface area contributed by atoms with Crippen LogP contribution in [0.2, 0.25) is 0 Å². The summed E-state index contributed by atoms with van der Waals surface area (Å²) in [4.78, 5) is 0. The fourth-order valence-electron chi connectivity index (χ4n) is 1.43. The molecule has 0 aliphatic heterocycles. The molecule has 0 N–H and O–H groups in total. The van der Waals surface area contributed by atoms with Crippen molar-refractivity contribution >= 4 is 12.6 Å². The van der Waals surface area contributed by atoms with E-state index in [0.717, 1.165) is 17.9 Å². The van der Waals surface area contributed by atoms with Crippen LogP contribution in [0, 0.1) is 11.3 Å². The van der Waals surface area contributed by atoms with Crippen molar-refractivity contribution in [3.8, 4) is 0 Å². The first-order valence-electron chi connectivity index (χ1n) is 5.21. The summed E-state index contributed by atoms with van der Waals surface area (Å²) in [6.45, 7) is 7.51. The van der Waals surface area contributed by atoms with Gasteiger partial charge < -0.3 is 4.74 Å². The summed E-state index contributed by atoms with van der Waals surface area (Å²) in [5.74, 6) is 2.44. The van der Waals surface area contributed by atoms with Gasteiger partial charge in [0.25, 0.3) is 0 Å². The molecular formula is C12H20OS. The van der Waals surface area contributed by atoms with Crippen LogP contribution in [0.15, 0.2) is 24.0 Å². The van der Waals surface area contributed by atoms with Crippen LogP contribution >= 0.6 is 12.6 Å². The molecule has 1 nitrogen and oxygen atoms in total. The van der Waals surface area contributed by atoms with E-state index in [0.29, 0.717) is 17.9 Å². The van der Waals surface area contributed by atoms with Crippen molar-refractivity contribution in [1.29, 1.82) is 0 Å². The Labute approximate surface area is 92.6 Å². The van der Waals surface area contributed by atoms with Crippen LogP contribution in [-0.4, -0.2) is 12.4 Å². The first-order valence-corrected chi connectivity index (χ1v) is 5.85. The third kappa shape index (κ3) is 2.81. The van der Waals surface area contributed by atoms with Crippen LogP contribution in [0.25, 0.3) is 0 Å². The minimum Gasteiger partial charge on any atom is -0.493 e. The quantitative estimate of drug-likeness (QED) is 0.702. The van der Waals surface area contributed by atoms with Gasteiger partial charge in [0.1, 0.15) is 5.76 Å². The van der Waals surface area contributed by atoms with E-state index in [1.807, 2.05) is 0 Å². The lowest BCUT2D eigenvalue weighted by molar-refractivity contribution is 0.229. The molecule has 0 aromatic carbocycles. The van der Waals surface area contributed by atoms with Gasteiger partial charge in [-0.15, -0.1) is 0 Å². The Balaban J connectivity index is 2.52. The Morgan fingerprint density at radius 2 is 2.29 bits per heavy atom. The lowest BCUT2D eigenvalue weighted by Gasteiger charge is -2.31. The van der Waals surface area contributed by atoms with Gasteiger partial charge >= 0.3 is 0 Å². The fraction of sp³-hybridized carbons (Fsp3) is 0.667. The van der Waals surface area contributed by atoms with E-state index in [2.05, 4.69) is 51.6 Å². The van der Waals surface area contributed by atoms with Crippen molar-refractivity contribution in [2.75, 3.05) is 12.4 Å². The van der Waals surface area contributed by atoms with E-state index >= 15 is 0 Å². The molecule has 1 rings (SSSR count). The van der Waals surface area contributed by atoms with Gasteiger partial charge in [-0.25, -0.2) is 0 Å². The van der Waals surface area contributed by atoms with Crippen molar-refractivity contribution in [2.24, 2.45) is 11.3 Å². The second kappa shape index (κ2) is 4.92. The van der Waals surface area contributed by atoms with Crippen LogP contribution in [0.5, 0.6) is 0 Å². The summed E-state index contributed by atoms with van der Waals surface area (Å²) in [7, 11) is 0. The van der Waals surface area contributed by atoms with E-state index in [1.54, 1.807) is 0 Å². The predicted molar refractivity (Wildman–Crippen MR) is 64.6 cm³/mol. The molecule has 0 amide bonds. The normalized spacial score (nSPS) is 26.5. The molecule has 0 radical (unpaired) electrons. The first-order chi connectivity index (χ1) is 6.58. The van der Waals surface area contributed by atoms with Crippen molar-refractivity contribution in [3.05, 3.63) is 24.0 Å². The highest BCUT2D eigenvalue weighted by Gasteiger charge is 2.26. The molecule has 1 aliphatic rings. The number of allylic oxidation sites excluding steroid dienone is 3. The van der Waals surface area contributed by atoms with Crippen molar-refractivity contribution in [1.82, 2.24) is 0 Å². The maximum atomic E-state index is 5.50. The number of ether oxygens (including phenoxy) is 1. The molecule has 0 fully saturated rings. The first kappa shape index (κ1) is 11.7. The summed E-state index contributed by atoms with van der Waals surface area (Å²) in [6, 6.07) is 0. The second-order valence-electron chi connectivity index (χ2n) is 4.38. The van der Waals surface area contributed by atoms with Gasteiger partial charge in [-0.2, -0.15) is 12.6 Å². The second-order valence-corrected chi connectivity index (χ2v) is 4.82. The smallest absolute Gasteiger partial charge is 0.115 e. The maximum Gasteiger partial charge on any atom is 0.115 e. The third-order valence-corrected chi connectivity index (χ3v) is 3.23. The molecule has 0 bridgehead atoms. The molecule has 0 saturated heterocycles. The van der Waals surface area contributed by atoms with Crippen LogP contribution < -0.4 is 0 Å². The molecule has 0 aromatic rings. The van der Waals surface area contributed by atoms with Crippen molar-refractivity contribution < 1.29 is 4.74 Å². The van der Waals surface area contributed by atoms with E-state index in [4.69, 9.17) is 4.74 Å². The van der Waals surface area contributed by atoms with Gasteiger partial charge in [0.2, 0.25) is 0 Å². The Bertz CT molecular complexity index is 243. The van der Waals surface area contributed by atoms with Gasteiger partial charge in [-0.05, 0) is 29.9 Å². The lowest BCUT2D eigenvalue weighted by Crippen LogP contribution is -2.22. The Morgan fingerprint density at radius 1 is 1.57 bits per heavy atom. The number of rotatable bonds is 4. The van der Waals surface area contributed by atoms with Crippen LogP contribution in [-0.2, 0) is 4.74 Å². The molecule has 14 heavy (non-hydrogen) atoms. The molecule has 1 unspecified atom stereocenters. The highest BCUT2D eigenvalue weighted by molar-refractivity contribution is 7.80. The van der Waals surface area contributed by atoms with Gasteiger partial charge in [0.05, 0.1) is 6.61 Å². The Kier molecular flexibility index (Phi) is 4.11. The highest BCUT2D eigenvalue weighted by Crippen LogP contribution is 2.36. The van der Waals surface area contributed by atoms with E-state index in [-0.39, 0.29) is 0 Å². The summed E-state index contributed by atoms with van der Waals surface area (Å²) in [5.41, 5.74) is 0.299. The minimum atomic E-state index is 0.299. The molecule has 0 saturated carbocycles. The maximum absolute atomic E-state index is 5.50. The number of hydrogen-bond acceptors (Lipinski definition) is 2. The Morgan fingerprint density at radius 3 is 2.71 bits per heavy atom. The third-order valence-electron chi connectivity index (χ3n) is 3.05. The topological polar surface area (TPSA) is 9.23 Å².